The lowest BCUT2D eigenvalue weighted by Crippen LogP contribution is -2.44. The molecule has 0 radical (unpaired) electrons. The number of phenols is 1. The van der Waals surface area contributed by atoms with Gasteiger partial charge in [-0.2, -0.15) is 0 Å². The van der Waals surface area contributed by atoms with Crippen molar-refractivity contribution in [2.24, 2.45) is 0 Å². The van der Waals surface area contributed by atoms with Gasteiger partial charge in [0.2, 0.25) is 0 Å². The van der Waals surface area contributed by atoms with E-state index in [4.69, 9.17) is 0 Å². The van der Waals surface area contributed by atoms with Crippen molar-refractivity contribution in [3.63, 3.8) is 0 Å². The molecule has 2 rings (SSSR count). The molecule has 2 N–H and O–H groups in total. The number of benzene rings is 1. The topological polar surface area (TPSA) is 69.6 Å². The standard InChI is InChI=1S/C13H19FN2O3S/c1-20(18,19)13-9-12(17)10(8-11(13)14)2-5-16-6-3-15-4-7-16/h8-9,15,17H,2-7H2,1H3. The van der Waals surface area contributed by atoms with Crippen LogP contribution in [0, 0.1) is 5.82 Å². The summed E-state index contributed by atoms with van der Waals surface area (Å²) in [5, 5.41) is 13.1. The van der Waals surface area contributed by atoms with Crippen molar-refractivity contribution in [1.29, 1.82) is 0 Å². The minimum absolute atomic E-state index is 0.165. The van der Waals surface area contributed by atoms with Crippen molar-refractivity contribution in [2.75, 3.05) is 39.0 Å². The molecule has 1 fully saturated rings. The summed E-state index contributed by atoms with van der Waals surface area (Å²) >= 11 is 0. The summed E-state index contributed by atoms with van der Waals surface area (Å²) in [4.78, 5) is 1.76. The van der Waals surface area contributed by atoms with E-state index >= 15 is 0 Å². The van der Waals surface area contributed by atoms with Crippen LogP contribution in [0.15, 0.2) is 17.0 Å². The average Bonchev–Trinajstić information content (AvgIpc) is 2.39. The van der Waals surface area contributed by atoms with Crippen LogP contribution in [0.25, 0.3) is 0 Å². The molecule has 1 aliphatic heterocycles. The van der Waals surface area contributed by atoms with Crippen LogP contribution in [0.4, 0.5) is 4.39 Å². The molecule has 1 saturated heterocycles. The predicted octanol–water partition coefficient (Wildman–Crippen LogP) is 0.383. The molecule has 0 saturated carbocycles. The Morgan fingerprint density at radius 1 is 1.35 bits per heavy atom. The fraction of sp³-hybridized carbons (Fsp3) is 0.538. The number of halogens is 1. The number of hydrogen-bond acceptors (Lipinski definition) is 5. The van der Waals surface area contributed by atoms with E-state index in [1.165, 1.54) is 0 Å². The van der Waals surface area contributed by atoms with Gasteiger partial charge < -0.3 is 15.3 Å². The predicted molar refractivity (Wildman–Crippen MR) is 74.2 cm³/mol. The SMILES string of the molecule is CS(=O)(=O)c1cc(O)c(CCN2CCNCC2)cc1F. The minimum Gasteiger partial charge on any atom is -0.508 e. The summed E-state index contributed by atoms with van der Waals surface area (Å²) in [6.07, 6.45) is 1.41. The van der Waals surface area contributed by atoms with Gasteiger partial charge in [0, 0.05) is 45.0 Å². The van der Waals surface area contributed by atoms with Crippen molar-refractivity contribution < 1.29 is 17.9 Å². The highest BCUT2D eigenvalue weighted by Crippen LogP contribution is 2.25. The summed E-state index contributed by atoms with van der Waals surface area (Å²) in [6.45, 7) is 4.41. The molecule has 0 amide bonds. The van der Waals surface area contributed by atoms with Crippen molar-refractivity contribution in [1.82, 2.24) is 10.2 Å². The monoisotopic (exact) mass is 302 g/mol. The quantitative estimate of drug-likeness (QED) is 0.842. The van der Waals surface area contributed by atoms with Crippen LogP contribution in [0.5, 0.6) is 5.75 Å². The number of rotatable bonds is 4. The van der Waals surface area contributed by atoms with E-state index < -0.39 is 20.5 Å². The maximum absolute atomic E-state index is 13.8. The first kappa shape index (κ1) is 15.2. The summed E-state index contributed by atoms with van der Waals surface area (Å²) in [7, 11) is -3.66. The molecule has 1 aromatic carbocycles. The molecule has 20 heavy (non-hydrogen) atoms. The van der Waals surface area contributed by atoms with Gasteiger partial charge in [-0.05, 0) is 18.1 Å². The first-order chi connectivity index (χ1) is 9.38. The Bertz CT molecular complexity index is 584. The van der Waals surface area contributed by atoms with Gasteiger partial charge in [-0.25, -0.2) is 12.8 Å². The highest BCUT2D eigenvalue weighted by Gasteiger charge is 2.18. The molecule has 5 nitrogen and oxygen atoms in total. The fourth-order valence-corrected chi connectivity index (χ4v) is 3.02. The second-order valence-corrected chi connectivity index (χ2v) is 7.01. The molecule has 7 heteroatoms. The normalized spacial score (nSPS) is 17.3. The van der Waals surface area contributed by atoms with E-state index in [-0.39, 0.29) is 5.75 Å². The fourth-order valence-electron chi connectivity index (χ4n) is 2.28. The molecule has 1 aliphatic rings. The zero-order valence-electron chi connectivity index (χ0n) is 11.4. The van der Waals surface area contributed by atoms with Crippen LogP contribution in [0.2, 0.25) is 0 Å². The average molecular weight is 302 g/mol. The lowest BCUT2D eigenvalue weighted by atomic mass is 10.1. The van der Waals surface area contributed by atoms with E-state index in [2.05, 4.69) is 10.2 Å². The smallest absolute Gasteiger partial charge is 0.178 e. The molecule has 1 aromatic rings. The zero-order chi connectivity index (χ0) is 14.8. The van der Waals surface area contributed by atoms with Crippen LogP contribution in [-0.4, -0.2) is 57.4 Å². The lowest BCUT2D eigenvalue weighted by molar-refractivity contribution is 0.243. The Labute approximate surface area is 118 Å². The third-order valence-corrected chi connectivity index (χ3v) is 4.55. The molecule has 0 atom stereocenters. The van der Waals surface area contributed by atoms with Crippen molar-refractivity contribution >= 4 is 9.84 Å². The Morgan fingerprint density at radius 3 is 2.60 bits per heavy atom. The van der Waals surface area contributed by atoms with E-state index in [1.54, 1.807) is 0 Å². The summed E-state index contributed by atoms with van der Waals surface area (Å²) in [6, 6.07) is 2.12. The third kappa shape index (κ3) is 3.68. The highest BCUT2D eigenvalue weighted by atomic mass is 32.2. The number of phenolic OH excluding ortho intramolecular Hbond substituents is 1. The molecular weight excluding hydrogens is 283 g/mol. The van der Waals surface area contributed by atoms with E-state index in [1.807, 2.05) is 0 Å². The number of nitrogens with zero attached hydrogens (tertiary/aromatic N) is 1. The number of aromatic hydroxyl groups is 1. The van der Waals surface area contributed by atoms with E-state index in [0.29, 0.717) is 18.5 Å². The van der Waals surface area contributed by atoms with Crippen molar-refractivity contribution in [3.05, 3.63) is 23.5 Å². The second kappa shape index (κ2) is 6.07. The van der Waals surface area contributed by atoms with Gasteiger partial charge in [0.15, 0.2) is 9.84 Å². The summed E-state index contributed by atoms with van der Waals surface area (Å²) in [5.41, 5.74) is 0.438. The van der Waals surface area contributed by atoms with Crippen molar-refractivity contribution in [3.8, 4) is 5.75 Å². The van der Waals surface area contributed by atoms with Crippen LogP contribution < -0.4 is 5.32 Å². The Morgan fingerprint density at radius 2 is 2.00 bits per heavy atom. The maximum Gasteiger partial charge on any atom is 0.178 e. The largest absolute Gasteiger partial charge is 0.508 e. The van der Waals surface area contributed by atoms with Crippen LogP contribution >= 0.6 is 0 Å². The summed E-state index contributed by atoms with van der Waals surface area (Å²) < 4.78 is 36.5. The van der Waals surface area contributed by atoms with Gasteiger partial charge in [-0.1, -0.05) is 0 Å². The van der Waals surface area contributed by atoms with Gasteiger partial charge in [0.05, 0.1) is 0 Å². The zero-order valence-corrected chi connectivity index (χ0v) is 12.2. The second-order valence-electron chi connectivity index (χ2n) is 5.03. The first-order valence-corrected chi connectivity index (χ1v) is 8.41. The van der Waals surface area contributed by atoms with Crippen molar-refractivity contribution in [2.45, 2.75) is 11.3 Å². The molecule has 0 unspecified atom stereocenters. The Hall–Kier alpha value is -1.18. The molecule has 0 bridgehead atoms. The third-order valence-electron chi connectivity index (χ3n) is 3.44. The molecule has 1 heterocycles. The number of hydrogen-bond donors (Lipinski definition) is 2. The minimum atomic E-state index is -3.66. The van der Waals surface area contributed by atoms with Gasteiger partial charge in [-0.3, -0.25) is 0 Å². The maximum atomic E-state index is 13.8. The van der Waals surface area contributed by atoms with Crippen LogP contribution in [0.3, 0.4) is 0 Å². The van der Waals surface area contributed by atoms with Gasteiger partial charge in [0.25, 0.3) is 0 Å². The van der Waals surface area contributed by atoms with Gasteiger partial charge >= 0.3 is 0 Å². The van der Waals surface area contributed by atoms with E-state index in [0.717, 1.165) is 44.6 Å². The number of sulfone groups is 1. The van der Waals surface area contributed by atoms with Gasteiger partial charge in [0.1, 0.15) is 16.5 Å². The number of nitrogens with one attached hydrogen (secondary N) is 1. The van der Waals surface area contributed by atoms with Crippen LogP contribution in [-0.2, 0) is 16.3 Å². The van der Waals surface area contributed by atoms with E-state index in [9.17, 15) is 17.9 Å². The lowest BCUT2D eigenvalue weighted by Gasteiger charge is -2.27. The Kier molecular flexibility index (Phi) is 4.62. The van der Waals surface area contributed by atoms with Gasteiger partial charge in [-0.15, -0.1) is 0 Å². The van der Waals surface area contributed by atoms with Crippen LogP contribution in [0.1, 0.15) is 5.56 Å². The molecule has 0 aliphatic carbocycles. The molecular formula is C13H19FN2O3S. The molecule has 0 spiro atoms. The number of piperazine rings is 1. The molecule has 112 valence electrons. The molecule has 0 aromatic heterocycles. The Balaban J connectivity index is 2.11. The summed E-state index contributed by atoms with van der Waals surface area (Å²) in [5.74, 6) is -0.970. The first-order valence-electron chi connectivity index (χ1n) is 6.52. The highest BCUT2D eigenvalue weighted by molar-refractivity contribution is 7.90.